The first-order chi connectivity index (χ1) is 7.36. The first kappa shape index (κ1) is 10.4. The van der Waals surface area contributed by atoms with Crippen LogP contribution in [0.15, 0.2) is 18.3 Å². The van der Waals surface area contributed by atoms with Crippen molar-refractivity contribution in [1.29, 1.82) is 0 Å². The Morgan fingerprint density at radius 1 is 1.47 bits per heavy atom. The summed E-state index contributed by atoms with van der Waals surface area (Å²) in [7, 11) is 0. The maximum Gasteiger partial charge on any atom is 0.204 e. The molecule has 0 atom stereocenters. The Morgan fingerprint density at radius 3 is 2.93 bits per heavy atom. The Bertz CT molecular complexity index is 302. The SMILES string of the molecule is O=C(COC1CCNCC1)c1ccc[nH]1. The average Bonchev–Trinajstić information content (AvgIpc) is 2.81. The molecule has 1 aromatic heterocycles. The Labute approximate surface area is 89.0 Å². The quantitative estimate of drug-likeness (QED) is 0.725. The van der Waals surface area contributed by atoms with Crippen LogP contribution in [0.2, 0.25) is 0 Å². The molecule has 0 spiro atoms. The number of H-pyrrole nitrogens is 1. The number of carbonyl (C=O) groups excluding carboxylic acids is 1. The van der Waals surface area contributed by atoms with E-state index in [2.05, 4.69) is 10.3 Å². The number of aromatic nitrogens is 1. The molecule has 0 aromatic carbocycles. The van der Waals surface area contributed by atoms with E-state index in [4.69, 9.17) is 4.74 Å². The second kappa shape index (κ2) is 5.09. The fraction of sp³-hybridized carbons (Fsp3) is 0.545. The van der Waals surface area contributed by atoms with Crippen LogP contribution in [0, 0.1) is 0 Å². The predicted octanol–water partition coefficient (Wildman–Crippen LogP) is 0.966. The molecule has 1 saturated heterocycles. The monoisotopic (exact) mass is 208 g/mol. The number of carbonyl (C=O) groups is 1. The van der Waals surface area contributed by atoms with Crippen LogP contribution in [-0.2, 0) is 4.74 Å². The number of ether oxygens (including phenoxy) is 1. The van der Waals surface area contributed by atoms with Gasteiger partial charge in [-0.05, 0) is 38.1 Å². The minimum absolute atomic E-state index is 0.0264. The molecule has 1 aliphatic heterocycles. The van der Waals surface area contributed by atoms with Gasteiger partial charge in [0.05, 0.1) is 11.8 Å². The molecule has 2 rings (SSSR count). The topological polar surface area (TPSA) is 54.1 Å². The van der Waals surface area contributed by atoms with E-state index in [0.29, 0.717) is 5.69 Å². The Hall–Kier alpha value is -1.13. The Balaban J connectivity index is 1.75. The Morgan fingerprint density at radius 2 is 2.27 bits per heavy atom. The van der Waals surface area contributed by atoms with Crippen molar-refractivity contribution in [3.05, 3.63) is 24.0 Å². The van der Waals surface area contributed by atoms with Crippen molar-refractivity contribution >= 4 is 5.78 Å². The lowest BCUT2D eigenvalue weighted by atomic mass is 10.1. The number of rotatable bonds is 4. The summed E-state index contributed by atoms with van der Waals surface area (Å²) in [6.45, 7) is 2.16. The van der Waals surface area contributed by atoms with Gasteiger partial charge in [0, 0.05) is 6.20 Å². The largest absolute Gasteiger partial charge is 0.370 e. The van der Waals surface area contributed by atoms with Gasteiger partial charge in [-0.2, -0.15) is 0 Å². The van der Waals surface area contributed by atoms with Crippen LogP contribution < -0.4 is 5.32 Å². The summed E-state index contributed by atoms with van der Waals surface area (Å²) in [6.07, 6.45) is 3.98. The normalized spacial score (nSPS) is 17.9. The van der Waals surface area contributed by atoms with E-state index < -0.39 is 0 Å². The van der Waals surface area contributed by atoms with Crippen molar-refractivity contribution < 1.29 is 9.53 Å². The molecule has 4 heteroatoms. The predicted molar refractivity (Wildman–Crippen MR) is 57.0 cm³/mol. The van der Waals surface area contributed by atoms with Crippen LogP contribution in [0.1, 0.15) is 23.3 Å². The molecule has 15 heavy (non-hydrogen) atoms. The third-order valence-electron chi connectivity index (χ3n) is 2.63. The highest BCUT2D eigenvalue weighted by molar-refractivity contribution is 5.95. The van der Waals surface area contributed by atoms with Crippen molar-refractivity contribution in [3.63, 3.8) is 0 Å². The first-order valence-corrected chi connectivity index (χ1v) is 5.35. The molecule has 0 aliphatic carbocycles. The zero-order valence-electron chi connectivity index (χ0n) is 8.66. The zero-order valence-corrected chi connectivity index (χ0v) is 8.66. The smallest absolute Gasteiger partial charge is 0.204 e. The van der Waals surface area contributed by atoms with E-state index in [0.717, 1.165) is 25.9 Å². The fourth-order valence-electron chi connectivity index (χ4n) is 1.74. The van der Waals surface area contributed by atoms with Gasteiger partial charge in [-0.25, -0.2) is 0 Å². The summed E-state index contributed by atoms with van der Waals surface area (Å²) in [5, 5.41) is 3.26. The summed E-state index contributed by atoms with van der Waals surface area (Å²) < 4.78 is 5.56. The maximum absolute atomic E-state index is 11.6. The second-order valence-electron chi connectivity index (χ2n) is 3.77. The van der Waals surface area contributed by atoms with Gasteiger partial charge in [-0.15, -0.1) is 0 Å². The molecule has 82 valence electrons. The standard InChI is InChI=1S/C11H16N2O2/c14-11(10-2-1-5-13-10)8-15-9-3-6-12-7-4-9/h1-2,5,9,12-13H,3-4,6-8H2. The number of Topliss-reactive ketones (excluding diaryl/α,β-unsaturated/α-hetero) is 1. The molecule has 0 radical (unpaired) electrons. The number of piperidine rings is 1. The molecular formula is C11H16N2O2. The zero-order chi connectivity index (χ0) is 10.5. The number of nitrogens with one attached hydrogen (secondary N) is 2. The number of hydrogen-bond acceptors (Lipinski definition) is 3. The summed E-state index contributed by atoms with van der Waals surface area (Å²) in [6, 6.07) is 3.59. The fourth-order valence-corrected chi connectivity index (χ4v) is 1.74. The lowest BCUT2D eigenvalue weighted by molar-refractivity contribution is 0.0315. The van der Waals surface area contributed by atoms with Crippen molar-refractivity contribution in [2.24, 2.45) is 0 Å². The van der Waals surface area contributed by atoms with Gasteiger partial charge in [0.2, 0.25) is 5.78 Å². The molecular weight excluding hydrogens is 192 g/mol. The van der Waals surface area contributed by atoms with Gasteiger partial charge in [0.15, 0.2) is 0 Å². The molecule has 1 aromatic rings. The van der Waals surface area contributed by atoms with Gasteiger partial charge >= 0.3 is 0 Å². The van der Waals surface area contributed by atoms with E-state index in [-0.39, 0.29) is 18.5 Å². The molecule has 0 bridgehead atoms. The van der Waals surface area contributed by atoms with Crippen LogP contribution in [0.4, 0.5) is 0 Å². The molecule has 0 unspecified atom stereocenters. The van der Waals surface area contributed by atoms with Crippen molar-refractivity contribution in [3.8, 4) is 0 Å². The summed E-state index contributed by atoms with van der Waals surface area (Å²) >= 11 is 0. The summed E-state index contributed by atoms with van der Waals surface area (Å²) in [4.78, 5) is 14.5. The summed E-state index contributed by atoms with van der Waals surface area (Å²) in [5.41, 5.74) is 0.629. The maximum atomic E-state index is 11.6. The summed E-state index contributed by atoms with van der Waals surface area (Å²) in [5.74, 6) is 0.0264. The third kappa shape index (κ3) is 2.91. The van der Waals surface area contributed by atoms with E-state index in [1.807, 2.05) is 6.07 Å². The molecule has 0 saturated carbocycles. The lowest BCUT2D eigenvalue weighted by Crippen LogP contribution is -2.33. The van der Waals surface area contributed by atoms with Crippen molar-refractivity contribution in [1.82, 2.24) is 10.3 Å². The lowest BCUT2D eigenvalue weighted by Gasteiger charge is -2.22. The number of hydrogen-bond donors (Lipinski definition) is 2. The molecule has 2 N–H and O–H groups in total. The minimum Gasteiger partial charge on any atom is -0.370 e. The molecule has 4 nitrogen and oxygen atoms in total. The third-order valence-corrected chi connectivity index (χ3v) is 2.63. The van der Waals surface area contributed by atoms with Gasteiger partial charge in [0.25, 0.3) is 0 Å². The Kier molecular flexibility index (Phi) is 3.53. The van der Waals surface area contributed by atoms with E-state index in [1.165, 1.54) is 0 Å². The van der Waals surface area contributed by atoms with Crippen molar-refractivity contribution in [2.45, 2.75) is 18.9 Å². The van der Waals surface area contributed by atoms with E-state index >= 15 is 0 Å². The highest BCUT2D eigenvalue weighted by Gasteiger charge is 2.15. The molecule has 1 fully saturated rings. The first-order valence-electron chi connectivity index (χ1n) is 5.35. The highest BCUT2D eigenvalue weighted by atomic mass is 16.5. The van der Waals surface area contributed by atoms with Gasteiger partial charge < -0.3 is 15.0 Å². The molecule has 2 heterocycles. The second-order valence-corrected chi connectivity index (χ2v) is 3.77. The number of ketones is 1. The van der Waals surface area contributed by atoms with E-state index in [9.17, 15) is 4.79 Å². The van der Waals surface area contributed by atoms with Crippen LogP contribution in [0.25, 0.3) is 0 Å². The van der Waals surface area contributed by atoms with Gasteiger partial charge in [-0.1, -0.05) is 0 Å². The van der Waals surface area contributed by atoms with Crippen LogP contribution in [0.3, 0.4) is 0 Å². The van der Waals surface area contributed by atoms with Crippen molar-refractivity contribution in [2.75, 3.05) is 19.7 Å². The van der Waals surface area contributed by atoms with Crippen LogP contribution >= 0.6 is 0 Å². The van der Waals surface area contributed by atoms with Gasteiger partial charge in [0.1, 0.15) is 6.61 Å². The highest BCUT2D eigenvalue weighted by Crippen LogP contribution is 2.08. The molecule has 1 aliphatic rings. The van der Waals surface area contributed by atoms with Gasteiger partial charge in [-0.3, -0.25) is 4.79 Å². The van der Waals surface area contributed by atoms with Crippen LogP contribution in [0.5, 0.6) is 0 Å². The minimum atomic E-state index is 0.0264. The average molecular weight is 208 g/mol. The van der Waals surface area contributed by atoms with Crippen LogP contribution in [-0.4, -0.2) is 36.6 Å². The van der Waals surface area contributed by atoms with E-state index in [1.54, 1.807) is 12.3 Å². The molecule has 0 amide bonds. The number of aromatic amines is 1.